The number of hydrogen-bond donors (Lipinski definition) is 2. The van der Waals surface area contributed by atoms with Crippen molar-refractivity contribution in [1.82, 2.24) is 10.6 Å². The highest BCUT2D eigenvalue weighted by atomic mass is 16.5. The molecule has 0 saturated heterocycles. The van der Waals surface area contributed by atoms with Crippen LogP contribution in [0, 0.1) is 5.92 Å². The Morgan fingerprint density at radius 2 is 1.80 bits per heavy atom. The Kier molecular flexibility index (Phi) is 7.55. The molecule has 1 aromatic rings. The first-order valence-corrected chi connectivity index (χ1v) is 7.30. The molecule has 4 heteroatoms. The number of nitrogens with one attached hydrogen (secondary N) is 2. The second-order valence-electron chi connectivity index (χ2n) is 4.84. The van der Waals surface area contributed by atoms with Crippen LogP contribution in [0.1, 0.15) is 32.3 Å². The lowest BCUT2D eigenvalue weighted by molar-refractivity contribution is 0.414. The minimum Gasteiger partial charge on any atom is -0.497 e. The molecule has 0 aliphatic rings. The molecule has 0 bridgehead atoms. The fourth-order valence-corrected chi connectivity index (χ4v) is 1.97. The van der Waals surface area contributed by atoms with Crippen molar-refractivity contribution in [2.24, 2.45) is 10.9 Å². The molecule has 2 N–H and O–H groups in total. The summed E-state index contributed by atoms with van der Waals surface area (Å²) in [6.07, 6.45) is 2.39. The van der Waals surface area contributed by atoms with Gasteiger partial charge in [0, 0.05) is 20.1 Å². The van der Waals surface area contributed by atoms with Gasteiger partial charge in [0.15, 0.2) is 5.96 Å². The number of rotatable bonds is 7. The number of ether oxygens (including phenoxy) is 1. The Labute approximate surface area is 122 Å². The normalized spacial score (nSPS) is 11.6. The molecule has 0 fully saturated rings. The average molecular weight is 277 g/mol. The molecule has 0 aliphatic carbocycles. The monoisotopic (exact) mass is 277 g/mol. The molecule has 1 aromatic carbocycles. The maximum atomic E-state index is 5.15. The van der Waals surface area contributed by atoms with E-state index < -0.39 is 0 Å². The minimum absolute atomic E-state index is 0.703. The van der Waals surface area contributed by atoms with Crippen molar-refractivity contribution in [3.63, 3.8) is 0 Å². The maximum absolute atomic E-state index is 5.15. The fourth-order valence-electron chi connectivity index (χ4n) is 1.97. The zero-order valence-electron chi connectivity index (χ0n) is 13.1. The van der Waals surface area contributed by atoms with Crippen molar-refractivity contribution in [3.05, 3.63) is 29.8 Å². The first kappa shape index (κ1) is 16.3. The van der Waals surface area contributed by atoms with Gasteiger partial charge in [-0.05, 0) is 23.6 Å². The molecular weight excluding hydrogens is 250 g/mol. The lowest BCUT2D eigenvalue weighted by Gasteiger charge is -2.16. The molecule has 20 heavy (non-hydrogen) atoms. The molecule has 112 valence electrons. The molecule has 0 amide bonds. The van der Waals surface area contributed by atoms with Gasteiger partial charge in [-0.25, -0.2) is 0 Å². The topological polar surface area (TPSA) is 45.7 Å². The third-order valence-corrected chi connectivity index (χ3v) is 3.56. The Morgan fingerprint density at radius 1 is 1.15 bits per heavy atom. The molecular formula is C16H27N3O. The molecule has 0 saturated carbocycles. The van der Waals surface area contributed by atoms with E-state index in [9.17, 15) is 0 Å². The van der Waals surface area contributed by atoms with Crippen molar-refractivity contribution < 1.29 is 4.74 Å². The van der Waals surface area contributed by atoms with Crippen LogP contribution in [0.25, 0.3) is 0 Å². The summed E-state index contributed by atoms with van der Waals surface area (Å²) in [5.41, 5.74) is 1.20. The van der Waals surface area contributed by atoms with E-state index in [1.807, 2.05) is 12.1 Å². The zero-order valence-corrected chi connectivity index (χ0v) is 13.1. The number of aliphatic imine (C=N–C) groups is 1. The van der Waals surface area contributed by atoms with Crippen LogP contribution in [-0.2, 0) is 6.54 Å². The lowest BCUT2D eigenvalue weighted by Crippen LogP contribution is -2.39. The summed E-state index contributed by atoms with van der Waals surface area (Å²) in [4.78, 5) is 4.25. The van der Waals surface area contributed by atoms with Crippen LogP contribution < -0.4 is 15.4 Å². The Hall–Kier alpha value is -1.71. The number of methoxy groups -OCH3 is 1. The van der Waals surface area contributed by atoms with Gasteiger partial charge >= 0.3 is 0 Å². The van der Waals surface area contributed by atoms with E-state index >= 15 is 0 Å². The van der Waals surface area contributed by atoms with Crippen LogP contribution in [0.4, 0.5) is 0 Å². The van der Waals surface area contributed by atoms with Crippen molar-refractivity contribution >= 4 is 5.96 Å². The molecule has 1 rings (SSSR count). The summed E-state index contributed by atoms with van der Waals surface area (Å²) in [5.74, 6) is 2.44. The van der Waals surface area contributed by atoms with Crippen LogP contribution in [0.15, 0.2) is 29.3 Å². The highest BCUT2D eigenvalue weighted by Gasteiger charge is 2.04. The smallest absolute Gasteiger partial charge is 0.191 e. The van der Waals surface area contributed by atoms with Gasteiger partial charge < -0.3 is 15.4 Å². The summed E-state index contributed by atoms with van der Waals surface area (Å²) in [6.45, 7) is 6.18. The third kappa shape index (κ3) is 5.51. The highest BCUT2D eigenvalue weighted by Crippen LogP contribution is 2.10. The first-order valence-electron chi connectivity index (χ1n) is 7.30. The van der Waals surface area contributed by atoms with Crippen molar-refractivity contribution in [1.29, 1.82) is 0 Å². The van der Waals surface area contributed by atoms with Gasteiger partial charge in [-0.15, -0.1) is 0 Å². The standard InChI is InChI=1S/C16H27N3O/c1-5-13(6-2)11-18-16(17-3)19-12-14-7-9-15(20-4)10-8-14/h7-10,13H,5-6,11-12H2,1-4H3,(H2,17,18,19). The first-order chi connectivity index (χ1) is 9.73. The third-order valence-electron chi connectivity index (χ3n) is 3.56. The Morgan fingerprint density at radius 3 is 2.30 bits per heavy atom. The van der Waals surface area contributed by atoms with E-state index in [0.717, 1.165) is 24.8 Å². The van der Waals surface area contributed by atoms with Gasteiger partial charge in [0.2, 0.25) is 0 Å². The summed E-state index contributed by atoms with van der Waals surface area (Å²) in [5, 5.41) is 6.70. The quantitative estimate of drug-likeness (QED) is 0.595. The number of nitrogens with zero attached hydrogens (tertiary/aromatic N) is 1. The summed E-state index contributed by atoms with van der Waals surface area (Å²) in [7, 11) is 3.48. The van der Waals surface area contributed by atoms with Crippen molar-refractivity contribution in [3.8, 4) is 5.75 Å². The van der Waals surface area contributed by atoms with Gasteiger partial charge in [0.1, 0.15) is 5.75 Å². The van der Waals surface area contributed by atoms with Crippen molar-refractivity contribution in [2.45, 2.75) is 33.2 Å². The maximum Gasteiger partial charge on any atom is 0.191 e. The van der Waals surface area contributed by atoms with Gasteiger partial charge in [-0.2, -0.15) is 0 Å². The van der Waals surface area contributed by atoms with Crippen LogP contribution in [0.2, 0.25) is 0 Å². The molecule has 0 aromatic heterocycles. The second-order valence-corrected chi connectivity index (χ2v) is 4.84. The van der Waals surface area contributed by atoms with E-state index in [4.69, 9.17) is 4.74 Å². The van der Waals surface area contributed by atoms with Crippen LogP contribution in [0.5, 0.6) is 5.75 Å². The minimum atomic E-state index is 0.703. The molecule has 0 aliphatic heterocycles. The Balaban J connectivity index is 2.40. The van der Waals surface area contributed by atoms with Gasteiger partial charge in [-0.1, -0.05) is 38.8 Å². The average Bonchev–Trinajstić information content (AvgIpc) is 2.51. The van der Waals surface area contributed by atoms with Crippen LogP contribution in [0.3, 0.4) is 0 Å². The van der Waals surface area contributed by atoms with E-state index in [0.29, 0.717) is 5.92 Å². The zero-order chi connectivity index (χ0) is 14.8. The highest BCUT2D eigenvalue weighted by molar-refractivity contribution is 5.79. The molecule has 0 heterocycles. The second kappa shape index (κ2) is 9.23. The van der Waals surface area contributed by atoms with Crippen LogP contribution in [-0.4, -0.2) is 26.7 Å². The molecule has 0 spiro atoms. The largest absolute Gasteiger partial charge is 0.497 e. The SMILES string of the molecule is CCC(CC)CNC(=NC)NCc1ccc(OC)cc1. The van der Waals surface area contributed by atoms with E-state index in [1.54, 1.807) is 14.2 Å². The van der Waals surface area contributed by atoms with Gasteiger partial charge in [0.25, 0.3) is 0 Å². The van der Waals surface area contributed by atoms with Gasteiger partial charge in [0.05, 0.1) is 7.11 Å². The molecule has 4 nitrogen and oxygen atoms in total. The molecule has 0 atom stereocenters. The number of hydrogen-bond acceptors (Lipinski definition) is 2. The van der Waals surface area contributed by atoms with E-state index in [2.05, 4.69) is 41.6 Å². The molecule has 0 radical (unpaired) electrons. The van der Waals surface area contributed by atoms with Crippen molar-refractivity contribution in [2.75, 3.05) is 20.7 Å². The molecule has 0 unspecified atom stereocenters. The number of guanidine groups is 1. The van der Waals surface area contributed by atoms with Gasteiger partial charge in [-0.3, -0.25) is 4.99 Å². The Bertz CT molecular complexity index is 397. The van der Waals surface area contributed by atoms with E-state index in [-0.39, 0.29) is 0 Å². The predicted octanol–water partition coefficient (Wildman–Crippen LogP) is 2.80. The summed E-state index contributed by atoms with van der Waals surface area (Å²) in [6, 6.07) is 8.05. The van der Waals surface area contributed by atoms with E-state index in [1.165, 1.54) is 18.4 Å². The number of benzene rings is 1. The summed E-state index contributed by atoms with van der Waals surface area (Å²) >= 11 is 0. The predicted molar refractivity (Wildman–Crippen MR) is 85.3 cm³/mol. The van der Waals surface area contributed by atoms with Crippen LogP contribution >= 0.6 is 0 Å². The lowest BCUT2D eigenvalue weighted by atomic mass is 10.0. The summed E-state index contributed by atoms with van der Waals surface area (Å²) < 4.78 is 5.15. The fraction of sp³-hybridized carbons (Fsp3) is 0.562.